The van der Waals surface area contributed by atoms with Crippen molar-refractivity contribution in [2.75, 3.05) is 31.6 Å². The second-order valence-electron chi connectivity index (χ2n) is 4.74. The molecule has 1 heterocycles. The molecule has 0 radical (unpaired) electrons. The summed E-state index contributed by atoms with van der Waals surface area (Å²) in [5.41, 5.74) is 1.18. The molecule has 1 unspecified atom stereocenters. The van der Waals surface area contributed by atoms with Crippen LogP contribution in [0.15, 0.2) is 40.7 Å². The number of rotatable bonds is 5. The molecule has 0 aromatic carbocycles. The first-order valence-corrected chi connectivity index (χ1v) is 10.4. The van der Waals surface area contributed by atoms with Gasteiger partial charge in [-0.15, -0.1) is 0 Å². The number of carbonyl (C=O) groups is 1. The topological polar surface area (TPSA) is 32.7 Å². The molecule has 132 valence electrons. The van der Waals surface area contributed by atoms with Crippen molar-refractivity contribution in [1.82, 2.24) is 4.90 Å². The second kappa shape index (κ2) is 16.5. The fourth-order valence-electron chi connectivity index (χ4n) is 1.39. The highest BCUT2D eigenvalue weighted by atomic mass is 127. The van der Waals surface area contributed by atoms with Crippen LogP contribution in [0, 0.1) is 0 Å². The molecule has 0 aromatic rings. The molecule has 0 bridgehead atoms. The van der Waals surface area contributed by atoms with Gasteiger partial charge in [0.15, 0.2) is 0 Å². The zero-order valence-electron chi connectivity index (χ0n) is 14.4. The fourth-order valence-corrected chi connectivity index (χ4v) is 1.54. The number of aliphatic imine (C=N–C) groups is 1. The van der Waals surface area contributed by atoms with Crippen LogP contribution >= 0.6 is 38.5 Å². The summed E-state index contributed by atoms with van der Waals surface area (Å²) in [5, 5.41) is 0. The van der Waals surface area contributed by atoms with E-state index in [0.29, 0.717) is 17.6 Å². The van der Waals surface area contributed by atoms with Crippen molar-refractivity contribution in [1.29, 1.82) is 0 Å². The van der Waals surface area contributed by atoms with Gasteiger partial charge in [-0.2, -0.15) is 0 Å². The largest absolute Gasteiger partial charge is 0.302 e. The molecule has 1 rings (SSSR count). The summed E-state index contributed by atoms with van der Waals surface area (Å²) in [7, 11) is 2.10. The summed E-state index contributed by atoms with van der Waals surface area (Å²) in [6.45, 7) is 10.2. The van der Waals surface area contributed by atoms with Crippen molar-refractivity contribution in [3.05, 3.63) is 35.7 Å². The smallest absolute Gasteiger partial charge is 0.138 e. The molecule has 0 saturated carbocycles. The number of aldehydes is 1. The molecule has 0 amide bonds. The molecule has 1 atom stereocenters. The third kappa shape index (κ3) is 13.8. The highest BCUT2D eigenvalue weighted by Crippen LogP contribution is 2.14. The van der Waals surface area contributed by atoms with Crippen molar-refractivity contribution in [2.24, 2.45) is 4.99 Å². The first kappa shape index (κ1) is 24.9. The van der Waals surface area contributed by atoms with E-state index in [9.17, 15) is 9.18 Å². The minimum Gasteiger partial charge on any atom is -0.302 e. The Morgan fingerprint density at radius 2 is 2.13 bits per heavy atom. The highest BCUT2D eigenvalue weighted by Gasteiger charge is 2.03. The molecule has 0 fully saturated rings. The number of carbonyl (C=O) groups excluding carboxylic acids is 1. The Morgan fingerprint density at radius 1 is 1.52 bits per heavy atom. The molecule has 1 aliphatic rings. The molecule has 6 heteroatoms. The van der Waals surface area contributed by atoms with E-state index in [-0.39, 0.29) is 5.83 Å². The van der Waals surface area contributed by atoms with Crippen LogP contribution in [0.3, 0.4) is 0 Å². The lowest BCUT2D eigenvalue weighted by atomic mass is 10.1. The molecule has 1 aliphatic heterocycles. The number of halogens is 3. The third-order valence-corrected chi connectivity index (χ3v) is 3.70. The number of nitrogens with zero attached hydrogens (tertiary/aromatic N) is 2. The van der Waals surface area contributed by atoms with Gasteiger partial charge in [0.1, 0.15) is 12.1 Å². The number of allylic oxidation sites excluding steroid dienone is 5. The normalized spacial score (nSPS) is 16.5. The van der Waals surface area contributed by atoms with E-state index in [0.717, 1.165) is 25.9 Å². The van der Waals surface area contributed by atoms with Crippen LogP contribution in [0.4, 0.5) is 4.39 Å². The minimum absolute atomic E-state index is 0.147. The molecule has 0 saturated heterocycles. The Kier molecular flexibility index (Phi) is 17.9. The van der Waals surface area contributed by atoms with Gasteiger partial charge in [0.25, 0.3) is 0 Å². The van der Waals surface area contributed by atoms with Crippen molar-refractivity contribution in [3.8, 4) is 0 Å². The molecule has 0 aromatic heterocycles. The van der Waals surface area contributed by atoms with Gasteiger partial charge in [-0.05, 0) is 36.5 Å². The molecule has 0 aliphatic carbocycles. The van der Waals surface area contributed by atoms with E-state index in [4.69, 9.17) is 0 Å². The number of alkyl halides is 2. The van der Waals surface area contributed by atoms with Gasteiger partial charge in [-0.3, -0.25) is 9.89 Å². The summed E-state index contributed by atoms with van der Waals surface area (Å²) in [6.07, 6.45) is 6.34. The van der Waals surface area contributed by atoms with Gasteiger partial charge in [0.05, 0.1) is 11.4 Å². The van der Waals surface area contributed by atoms with Crippen LogP contribution in [0.25, 0.3) is 0 Å². The number of likely N-dealkylation sites (N-methyl/N-ethyl adjacent to an activating group) is 1. The molecule has 23 heavy (non-hydrogen) atoms. The summed E-state index contributed by atoms with van der Waals surface area (Å²) in [6, 6.07) is 0. The molecule has 0 N–H and O–H groups in total. The van der Waals surface area contributed by atoms with Crippen molar-refractivity contribution >= 4 is 51.0 Å². The van der Waals surface area contributed by atoms with Crippen LogP contribution in [-0.4, -0.2) is 53.8 Å². The predicted octanol–water partition coefficient (Wildman–Crippen LogP) is 4.77. The lowest BCUT2D eigenvalue weighted by molar-refractivity contribution is -0.106. The van der Waals surface area contributed by atoms with Gasteiger partial charge in [0.2, 0.25) is 0 Å². The molecule has 0 spiro atoms. The zero-order chi connectivity index (χ0) is 18.3. The first-order valence-electron chi connectivity index (χ1n) is 7.28. The fraction of sp³-hybridized carbons (Fsp3) is 0.529. The van der Waals surface area contributed by atoms with E-state index >= 15 is 0 Å². The van der Waals surface area contributed by atoms with Crippen LogP contribution in [0.5, 0.6) is 0 Å². The van der Waals surface area contributed by atoms with E-state index in [1.165, 1.54) is 0 Å². The average molecular weight is 501 g/mol. The SMILES string of the molecule is C=C(/C=C\C(C)=C(\F)CC)C(Br)C=O.CI.CN1CC=NCC1. The Bertz CT molecular complexity index is 436. The Balaban J connectivity index is 0. The molecular formula is C17H27BrFIN2O. The lowest BCUT2D eigenvalue weighted by Gasteiger charge is -2.15. The summed E-state index contributed by atoms with van der Waals surface area (Å²) >= 11 is 5.27. The molecule has 3 nitrogen and oxygen atoms in total. The second-order valence-corrected chi connectivity index (χ2v) is 5.73. The van der Waals surface area contributed by atoms with E-state index in [2.05, 4.69) is 62.0 Å². The van der Waals surface area contributed by atoms with Crippen molar-refractivity contribution in [3.63, 3.8) is 0 Å². The Morgan fingerprint density at radius 3 is 2.48 bits per heavy atom. The highest BCUT2D eigenvalue weighted by molar-refractivity contribution is 14.1. The zero-order valence-corrected chi connectivity index (χ0v) is 18.1. The van der Waals surface area contributed by atoms with Gasteiger partial charge < -0.3 is 4.79 Å². The van der Waals surface area contributed by atoms with Crippen molar-refractivity contribution in [2.45, 2.75) is 25.1 Å². The van der Waals surface area contributed by atoms with Gasteiger partial charge in [0, 0.05) is 19.3 Å². The maximum absolute atomic E-state index is 13.0. The van der Waals surface area contributed by atoms with Crippen LogP contribution in [0.2, 0.25) is 0 Å². The molecular weight excluding hydrogens is 474 g/mol. The minimum atomic E-state index is -0.392. The van der Waals surface area contributed by atoms with Crippen LogP contribution in [-0.2, 0) is 4.79 Å². The summed E-state index contributed by atoms with van der Waals surface area (Å²) < 4.78 is 13.0. The number of hydrogen-bond donors (Lipinski definition) is 0. The summed E-state index contributed by atoms with van der Waals surface area (Å²) in [4.78, 5) is 18.2. The Labute approximate surface area is 162 Å². The maximum Gasteiger partial charge on any atom is 0.138 e. The first-order chi connectivity index (χ1) is 10.9. The van der Waals surface area contributed by atoms with E-state index in [1.54, 1.807) is 26.0 Å². The van der Waals surface area contributed by atoms with E-state index < -0.39 is 4.83 Å². The van der Waals surface area contributed by atoms with Crippen molar-refractivity contribution < 1.29 is 9.18 Å². The van der Waals surface area contributed by atoms with E-state index in [1.807, 2.05) is 11.1 Å². The average Bonchev–Trinajstić information content (AvgIpc) is 2.60. The lowest BCUT2D eigenvalue weighted by Crippen LogP contribution is -2.27. The van der Waals surface area contributed by atoms with Gasteiger partial charge in [-0.1, -0.05) is 64.2 Å². The quantitative estimate of drug-likeness (QED) is 0.236. The monoisotopic (exact) mass is 500 g/mol. The standard InChI is InChI=1S/C11H14BrFO.C5H10N2.CH3I/c1-4-11(13)9(3)6-5-8(2)10(12)7-14;1-7-4-2-6-3-5-7;1-2/h5-7,10H,2,4H2,1,3H3;2H,3-5H2,1H3;1H3/b6-5-,11-9+;;. The van der Waals surface area contributed by atoms with Crippen LogP contribution in [0.1, 0.15) is 20.3 Å². The predicted molar refractivity (Wildman–Crippen MR) is 112 cm³/mol. The van der Waals surface area contributed by atoms with Gasteiger partial charge >= 0.3 is 0 Å². The third-order valence-electron chi connectivity index (χ3n) is 2.89. The maximum atomic E-state index is 13.0. The number of hydrogen-bond acceptors (Lipinski definition) is 3. The van der Waals surface area contributed by atoms with Gasteiger partial charge in [-0.25, -0.2) is 4.39 Å². The Hall–Kier alpha value is -0.340. The summed E-state index contributed by atoms with van der Waals surface area (Å²) in [5.74, 6) is -0.147. The van der Waals surface area contributed by atoms with Crippen LogP contribution < -0.4 is 0 Å².